The van der Waals surface area contributed by atoms with Crippen LogP contribution in [-0.4, -0.2) is 27.5 Å². The van der Waals surface area contributed by atoms with E-state index in [4.69, 9.17) is 4.74 Å². The number of hydrogen-bond donors (Lipinski definition) is 1. The normalized spacial score (nSPS) is 10.4. The summed E-state index contributed by atoms with van der Waals surface area (Å²) in [5, 5.41) is 0. The van der Waals surface area contributed by atoms with Crippen LogP contribution >= 0.6 is 0 Å². The van der Waals surface area contributed by atoms with Crippen molar-refractivity contribution in [3.8, 4) is 11.5 Å². The highest BCUT2D eigenvalue weighted by atomic mass is 16.5. The first-order valence-corrected chi connectivity index (χ1v) is 5.79. The van der Waals surface area contributed by atoms with Gasteiger partial charge in [-0.15, -0.1) is 0 Å². The topological polar surface area (TPSA) is 67.9 Å². The highest BCUT2D eigenvalue weighted by molar-refractivity contribution is 5.89. The van der Waals surface area contributed by atoms with Gasteiger partial charge in [0.2, 0.25) is 0 Å². The summed E-state index contributed by atoms with van der Waals surface area (Å²) in [6.07, 6.45) is 0. The number of H-pyrrole nitrogens is 1. The fourth-order valence-corrected chi connectivity index (χ4v) is 1.65. The number of aromatic amines is 1. The van der Waals surface area contributed by atoms with Crippen LogP contribution in [0.25, 0.3) is 11.5 Å². The number of esters is 1. The van der Waals surface area contributed by atoms with Crippen molar-refractivity contribution < 1.29 is 9.53 Å². The van der Waals surface area contributed by atoms with Crippen LogP contribution in [0.2, 0.25) is 0 Å². The number of rotatable bonds is 3. The molecule has 2 heterocycles. The summed E-state index contributed by atoms with van der Waals surface area (Å²) >= 11 is 0. The Morgan fingerprint density at radius 2 is 2.11 bits per heavy atom. The highest BCUT2D eigenvalue weighted by Crippen LogP contribution is 2.16. The monoisotopic (exact) mass is 245 g/mol. The fourth-order valence-electron chi connectivity index (χ4n) is 1.65. The summed E-state index contributed by atoms with van der Waals surface area (Å²) in [5.74, 6) is 0.171. The maximum absolute atomic E-state index is 11.7. The number of carbonyl (C=O) groups is 1. The van der Waals surface area contributed by atoms with Crippen LogP contribution in [0.15, 0.2) is 18.2 Å². The van der Waals surface area contributed by atoms with Crippen LogP contribution in [0.5, 0.6) is 0 Å². The molecule has 94 valence electrons. The summed E-state index contributed by atoms with van der Waals surface area (Å²) in [5.41, 5.74) is 2.62. The van der Waals surface area contributed by atoms with Crippen LogP contribution < -0.4 is 0 Å². The molecule has 5 heteroatoms. The second kappa shape index (κ2) is 5.00. The van der Waals surface area contributed by atoms with E-state index in [-0.39, 0.29) is 0 Å². The van der Waals surface area contributed by atoms with Crippen molar-refractivity contribution >= 4 is 5.97 Å². The Kier molecular flexibility index (Phi) is 3.41. The summed E-state index contributed by atoms with van der Waals surface area (Å²) in [7, 11) is 0. The van der Waals surface area contributed by atoms with Gasteiger partial charge in [-0.3, -0.25) is 0 Å². The molecule has 0 saturated heterocycles. The molecule has 0 aromatic carbocycles. The maximum atomic E-state index is 11.7. The van der Waals surface area contributed by atoms with Crippen LogP contribution in [-0.2, 0) is 4.74 Å². The Hall–Kier alpha value is -2.17. The zero-order chi connectivity index (χ0) is 13.1. The average Bonchev–Trinajstić information content (AvgIpc) is 2.72. The molecule has 2 aromatic heterocycles. The van der Waals surface area contributed by atoms with Crippen molar-refractivity contribution in [2.75, 3.05) is 6.61 Å². The Morgan fingerprint density at radius 1 is 1.33 bits per heavy atom. The lowest BCUT2D eigenvalue weighted by molar-refractivity contribution is 0.0519. The summed E-state index contributed by atoms with van der Waals surface area (Å²) in [6.45, 7) is 5.80. The lowest BCUT2D eigenvalue weighted by Gasteiger charge is -1.98. The van der Waals surface area contributed by atoms with E-state index in [2.05, 4.69) is 15.0 Å². The summed E-state index contributed by atoms with van der Waals surface area (Å²) < 4.78 is 4.94. The SMILES string of the molecule is CCOC(=O)c1nc(-c2cccc(C)n2)[nH]c1C. The second-order valence-corrected chi connectivity index (χ2v) is 3.94. The van der Waals surface area contributed by atoms with Crippen molar-refractivity contribution in [3.05, 3.63) is 35.3 Å². The predicted octanol–water partition coefficient (Wildman–Crippen LogP) is 2.27. The largest absolute Gasteiger partial charge is 0.461 e. The zero-order valence-electron chi connectivity index (χ0n) is 10.7. The number of hydrogen-bond acceptors (Lipinski definition) is 4. The number of nitrogens with one attached hydrogen (secondary N) is 1. The van der Waals surface area contributed by atoms with E-state index in [1.807, 2.05) is 25.1 Å². The molecule has 0 atom stereocenters. The maximum Gasteiger partial charge on any atom is 0.358 e. The minimum absolute atomic E-state index is 0.315. The van der Waals surface area contributed by atoms with Crippen LogP contribution in [0, 0.1) is 13.8 Å². The Balaban J connectivity index is 2.37. The molecule has 1 N–H and O–H groups in total. The van der Waals surface area contributed by atoms with Gasteiger partial charge >= 0.3 is 5.97 Å². The molecular formula is C13H15N3O2. The average molecular weight is 245 g/mol. The molecule has 0 aliphatic carbocycles. The molecule has 0 unspecified atom stereocenters. The molecule has 0 fully saturated rings. The van der Waals surface area contributed by atoms with E-state index < -0.39 is 5.97 Å². The quantitative estimate of drug-likeness (QED) is 0.842. The van der Waals surface area contributed by atoms with Crippen LogP contribution in [0.3, 0.4) is 0 Å². The minimum Gasteiger partial charge on any atom is -0.461 e. The van der Waals surface area contributed by atoms with E-state index >= 15 is 0 Å². The molecule has 0 bridgehead atoms. The van der Waals surface area contributed by atoms with Gasteiger partial charge in [-0.1, -0.05) is 6.07 Å². The van der Waals surface area contributed by atoms with Crippen molar-refractivity contribution in [2.24, 2.45) is 0 Å². The van der Waals surface area contributed by atoms with Gasteiger partial charge in [0.25, 0.3) is 0 Å². The molecule has 0 radical (unpaired) electrons. The third kappa shape index (κ3) is 2.40. The van der Waals surface area contributed by atoms with Crippen molar-refractivity contribution in [3.63, 3.8) is 0 Å². The van der Waals surface area contributed by atoms with Gasteiger partial charge in [0.15, 0.2) is 11.5 Å². The lowest BCUT2D eigenvalue weighted by Crippen LogP contribution is -2.06. The molecule has 2 aromatic rings. The number of carbonyl (C=O) groups excluding carboxylic acids is 1. The van der Waals surface area contributed by atoms with E-state index in [0.29, 0.717) is 29.5 Å². The molecule has 0 aliphatic rings. The van der Waals surface area contributed by atoms with Crippen molar-refractivity contribution in [1.29, 1.82) is 0 Å². The number of aryl methyl sites for hydroxylation is 2. The second-order valence-electron chi connectivity index (χ2n) is 3.94. The van der Waals surface area contributed by atoms with Gasteiger partial charge in [-0.05, 0) is 32.9 Å². The van der Waals surface area contributed by atoms with Crippen molar-refractivity contribution in [1.82, 2.24) is 15.0 Å². The molecule has 5 nitrogen and oxygen atoms in total. The minimum atomic E-state index is -0.412. The van der Waals surface area contributed by atoms with E-state index in [9.17, 15) is 4.79 Å². The molecule has 0 saturated carbocycles. The number of aromatic nitrogens is 3. The van der Waals surface area contributed by atoms with E-state index in [1.165, 1.54) is 0 Å². The number of ether oxygens (including phenoxy) is 1. The molecule has 18 heavy (non-hydrogen) atoms. The Morgan fingerprint density at radius 3 is 2.78 bits per heavy atom. The molecule has 0 spiro atoms. The predicted molar refractivity (Wildman–Crippen MR) is 67.2 cm³/mol. The fraction of sp³-hybridized carbons (Fsp3) is 0.308. The Bertz CT molecular complexity index is 575. The zero-order valence-corrected chi connectivity index (χ0v) is 10.7. The first kappa shape index (κ1) is 12.3. The third-order valence-corrected chi connectivity index (χ3v) is 2.48. The highest BCUT2D eigenvalue weighted by Gasteiger charge is 2.17. The molecular weight excluding hydrogens is 230 g/mol. The van der Waals surface area contributed by atoms with Gasteiger partial charge < -0.3 is 9.72 Å². The Labute approximate surface area is 105 Å². The van der Waals surface area contributed by atoms with Gasteiger partial charge in [0, 0.05) is 11.4 Å². The van der Waals surface area contributed by atoms with Gasteiger partial charge in [0.05, 0.1) is 6.61 Å². The number of imidazole rings is 1. The first-order valence-electron chi connectivity index (χ1n) is 5.79. The van der Waals surface area contributed by atoms with Crippen molar-refractivity contribution in [2.45, 2.75) is 20.8 Å². The molecule has 2 rings (SSSR count). The van der Waals surface area contributed by atoms with E-state index in [1.54, 1.807) is 13.8 Å². The third-order valence-electron chi connectivity index (χ3n) is 2.48. The number of pyridine rings is 1. The number of nitrogens with zero attached hydrogens (tertiary/aromatic N) is 2. The van der Waals surface area contributed by atoms with Gasteiger partial charge in [-0.2, -0.15) is 0 Å². The lowest BCUT2D eigenvalue weighted by atomic mass is 10.3. The van der Waals surface area contributed by atoms with Gasteiger partial charge in [-0.25, -0.2) is 14.8 Å². The first-order chi connectivity index (χ1) is 8.61. The smallest absolute Gasteiger partial charge is 0.358 e. The van der Waals surface area contributed by atoms with Gasteiger partial charge in [0.1, 0.15) is 5.69 Å². The van der Waals surface area contributed by atoms with Crippen LogP contribution in [0.4, 0.5) is 0 Å². The van der Waals surface area contributed by atoms with E-state index in [0.717, 1.165) is 5.69 Å². The molecule has 0 amide bonds. The van der Waals surface area contributed by atoms with Crippen LogP contribution in [0.1, 0.15) is 28.8 Å². The molecule has 0 aliphatic heterocycles. The standard InChI is InChI=1S/C13H15N3O2/c1-4-18-13(17)11-9(3)15-12(16-11)10-7-5-6-8(2)14-10/h5-7H,4H2,1-3H3,(H,15,16). The summed E-state index contributed by atoms with van der Waals surface area (Å²) in [4.78, 5) is 23.3. The summed E-state index contributed by atoms with van der Waals surface area (Å²) in [6, 6.07) is 5.66.